The lowest BCUT2D eigenvalue weighted by Gasteiger charge is -2.07. The topological polar surface area (TPSA) is 37.3 Å². The molecule has 2 nitrogen and oxygen atoms in total. The first-order chi connectivity index (χ1) is 13.6. The fraction of sp³-hybridized carbons (Fsp3) is 0.720. The Labute approximate surface area is 178 Å². The first-order valence-electron chi connectivity index (χ1n) is 11.7. The van der Waals surface area contributed by atoms with Crippen LogP contribution in [0.1, 0.15) is 126 Å². The highest BCUT2D eigenvalue weighted by Gasteiger charge is 2.09. The monoisotopic (exact) mass is 408 g/mol. The van der Waals surface area contributed by atoms with E-state index >= 15 is 0 Å². The molecule has 0 unspecified atom stereocenters. The molecular weight excluding hydrogens is 368 g/mol. The van der Waals surface area contributed by atoms with Crippen LogP contribution >= 0.6 is 11.6 Å². The van der Waals surface area contributed by atoms with E-state index in [4.69, 9.17) is 11.6 Å². The summed E-state index contributed by atoms with van der Waals surface area (Å²) >= 11 is 6.01. The van der Waals surface area contributed by atoms with Gasteiger partial charge in [-0.15, -0.1) is 0 Å². The summed E-state index contributed by atoms with van der Waals surface area (Å²) < 4.78 is 0. The zero-order chi connectivity index (χ0) is 20.5. The summed E-state index contributed by atoms with van der Waals surface area (Å²) in [6.45, 7) is 2.28. The van der Waals surface area contributed by atoms with E-state index in [1.165, 1.54) is 96.3 Å². The first kappa shape index (κ1) is 25.0. The van der Waals surface area contributed by atoms with Gasteiger partial charge in [0.2, 0.25) is 0 Å². The lowest BCUT2D eigenvalue weighted by Crippen LogP contribution is -2.02. The Morgan fingerprint density at radius 3 is 1.61 bits per heavy atom. The number of carboxylic acids is 1. The number of halogens is 1. The number of benzene rings is 1. The molecule has 28 heavy (non-hydrogen) atoms. The highest BCUT2D eigenvalue weighted by atomic mass is 35.5. The van der Waals surface area contributed by atoms with E-state index in [1.54, 1.807) is 18.2 Å². The smallest absolute Gasteiger partial charge is 0.335 e. The molecule has 1 N–H and O–H groups in total. The van der Waals surface area contributed by atoms with Gasteiger partial charge in [0.1, 0.15) is 0 Å². The molecule has 1 aromatic rings. The maximum Gasteiger partial charge on any atom is 0.335 e. The molecule has 1 aromatic carbocycles. The third-order valence-corrected chi connectivity index (χ3v) is 5.83. The molecule has 0 aromatic heterocycles. The van der Waals surface area contributed by atoms with E-state index in [1.807, 2.05) is 0 Å². The quantitative estimate of drug-likeness (QED) is 0.246. The van der Waals surface area contributed by atoms with E-state index in [0.717, 1.165) is 18.4 Å². The number of aryl methyl sites for hydroxylation is 1. The van der Waals surface area contributed by atoms with Gasteiger partial charge in [0.05, 0.1) is 5.56 Å². The second-order valence-electron chi connectivity index (χ2n) is 8.16. The van der Waals surface area contributed by atoms with Gasteiger partial charge in [-0.1, -0.05) is 115 Å². The Morgan fingerprint density at radius 1 is 0.750 bits per heavy atom. The van der Waals surface area contributed by atoms with Crippen molar-refractivity contribution in [3.8, 4) is 0 Å². The second kappa shape index (κ2) is 16.9. The number of hydrogen-bond acceptors (Lipinski definition) is 1. The number of carboxylic acid groups (broad SMARTS) is 1. The number of unbranched alkanes of at least 4 members (excludes halogenated alkanes) is 15. The zero-order valence-electron chi connectivity index (χ0n) is 18.0. The summed E-state index contributed by atoms with van der Waals surface area (Å²) in [7, 11) is 0. The van der Waals surface area contributed by atoms with Crippen LogP contribution in [-0.4, -0.2) is 11.1 Å². The molecular formula is C25H41ClO2. The van der Waals surface area contributed by atoms with Crippen molar-refractivity contribution in [3.63, 3.8) is 0 Å². The molecule has 160 valence electrons. The molecule has 0 fully saturated rings. The highest BCUT2D eigenvalue weighted by Crippen LogP contribution is 2.19. The average molecular weight is 409 g/mol. The minimum atomic E-state index is -0.858. The van der Waals surface area contributed by atoms with Crippen molar-refractivity contribution in [1.82, 2.24) is 0 Å². The Bertz CT molecular complexity index is 527. The van der Waals surface area contributed by atoms with Gasteiger partial charge in [0, 0.05) is 5.02 Å². The minimum Gasteiger partial charge on any atom is -0.478 e. The predicted octanol–water partition coefficient (Wildman–Crippen LogP) is 8.84. The molecule has 0 heterocycles. The van der Waals surface area contributed by atoms with Gasteiger partial charge in [0.15, 0.2) is 0 Å². The largest absolute Gasteiger partial charge is 0.478 e. The summed E-state index contributed by atoms with van der Waals surface area (Å²) in [6.07, 6.45) is 22.4. The Morgan fingerprint density at radius 2 is 1.18 bits per heavy atom. The summed E-state index contributed by atoms with van der Waals surface area (Å²) in [5.41, 5.74) is 1.26. The lowest BCUT2D eigenvalue weighted by atomic mass is 10.00. The maximum absolute atomic E-state index is 11.3. The number of carbonyl (C=O) groups is 1. The van der Waals surface area contributed by atoms with Crippen LogP contribution in [0.5, 0.6) is 0 Å². The number of aromatic carboxylic acids is 1. The van der Waals surface area contributed by atoms with Crippen LogP contribution in [-0.2, 0) is 6.42 Å². The average Bonchev–Trinajstić information content (AvgIpc) is 2.67. The fourth-order valence-electron chi connectivity index (χ4n) is 3.84. The van der Waals surface area contributed by atoms with Crippen LogP contribution < -0.4 is 0 Å². The maximum atomic E-state index is 11.3. The van der Waals surface area contributed by atoms with E-state index in [2.05, 4.69) is 6.92 Å². The molecule has 0 aliphatic rings. The minimum absolute atomic E-state index is 0.394. The summed E-state index contributed by atoms with van der Waals surface area (Å²) in [5.74, 6) is -0.858. The predicted molar refractivity (Wildman–Crippen MR) is 122 cm³/mol. The molecule has 0 saturated carbocycles. The Kier molecular flexibility index (Phi) is 15.1. The van der Waals surface area contributed by atoms with Gasteiger partial charge >= 0.3 is 5.97 Å². The van der Waals surface area contributed by atoms with Crippen LogP contribution in [0.15, 0.2) is 18.2 Å². The molecule has 0 radical (unpaired) electrons. The molecule has 1 rings (SSSR count). The molecule has 0 saturated heterocycles. The van der Waals surface area contributed by atoms with Crippen molar-refractivity contribution in [2.24, 2.45) is 0 Å². The zero-order valence-corrected chi connectivity index (χ0v) is 18.7. The molecule has 0 amide bonds. The van der Waals surface area contributed by atoms with Crippen LogP contribution in [0.4, 0.5) is 0 Å². The molecule has 0 aliphatic carbocycles. The molecule has 0 aliphatic heterocycles. The van der Waals surface area contributed by atoms with Crippen LogP contribution in [0.2, 0.25) is 5.02 Å². The number of rotatable bonds is 18. The Hall–Kier alpha value is -1.02. The molecule has 0 bridgehead atoms. The van der Waals surface area contributed by atoms with Crippen molar-refractivity contribution in [2.45, 2.75) is 116 Å². The van der Waals surface area contributed by atoms with Crippen LogP contribution in [0.3, 0.4) is 0 Å². The molecule has 0 atom stereocenters. The normalized spacial score (nSPS) is 11.1. The second-order valence-corrected chi connectivity index (χ2v) is 8.60. The van der Waals surface area contributed by atoms with Crippen LogP contribution in [0.25, 0.3) is 0 Å². The van der Waals surface area contributed by atoms with E-state index in [-0.39, 0.29) is 0 Å². The van der Waals surface area contributed by atoms with Crippen molar-refractivity contribution in [3.05, 3.63) is 34.3 Å². The third kappa shape index (κ3) is 12.4. The van der Waals surface area contributed by atoms with Crippen molar-refractivity contribution in [2.75, 3.05) is 0 Å². The highest BCUT2D eigenvalue weighted by molar-refractivity contribution is 6.30. The van der Waals surface area contributed by atoms with Gasteiger partial charge in [-0.2, -0.15) is 0 Å². The number of hydrogen-bond donors (Lipinski definition) is 1. The summed E-state index contributed by atoms with van der Waals surface area (Å²) in [6, 6.07) is 5.07. The van der Waals surface area contributed by atoms with Gasteiger partial charge < -0.3 is 5.11 Å². The molecule has 3 heteroatoms. The lowest BCUT2D eigenvalue weighted by molar-refractivity contribution is 0.0695. The van der Waals surface area contributed by atoms with Gasteiger partial charge in [-0.3, -0.25) is 0 Å². The fourth-order valence-corrected chi connectivity index (χ4v) is 4.04. The van der Waals surface area contributed by atoms with Crippen molar-refractivity contribution >= 4 is 17.6 Å². The summed E-state index contributed by atoms with van der Waals surface area (Å²) in [5, 5.41) is 9.87. The van der Waals surface area contributed by atoms with E-state index in [0.29, 0.717) is 10.6 Å². The van der Waals surface area contributed by atoms with Gasteiger partial charge in [-0.05, 0) is 36.6 Å². The van der Waals surface area contributed by atoms with Crippen molar-refractivity contribution in [1.29, 1.82) is 0 Å². The summed E-state index contributed by atoms with van der Waals surface area (Å²) in [4.78, 5) is 11.3. The van der Waals surface area contributed by atoms with Gasteiger partial charge in [-0.25, -0.2) is 4.79 Å². The first-order valence-corrected chi connectivity index (χ1v) is 12.0. The Balaban J connectivity index is 1.91. The molecule has 0 spiro atoms. The SMILES string of the molecule is CCCCCCCCCCCCCCCCCCc1cc(Cl)ccc1C(=O)O. The van der Waals surface area contributed by atoms with Crippen LogP contribution in [0, 0.1) is 0 Å². The van der Waals surface area contributed by atoms with Crippen molar-refractivity contribution < 1.29 is 9.90 Å². The van der Waals surface area contributed by atoms with E-state index < -0.39 is 5.97 Å². The third-order valence-electron chi connectivity index (χ3n) is 5.60. The van der Waals surface area contributed by atoms with Gasteiger partial charge in [0.25, 0.3) is 0 Å². The van der Waals surface area contributed by atoms with E-state index in [9.17, 15) is 9.90 Å². The standard InChI is InChI=1S/C25H41ClO2/c1-2-3-4-5-6-7-8-9-10-11-12-13-14-15-16-17-18-22-21-23(26)19-20-24(22)25(27)28/h19-21H,2-18H2,1H3,(H,27,28).